The van der Waals surface area contributed by atoms with Crippen molar-refractivity contribution >= 4 is 23.2 Å². The van der Waals surface area contributed by atoms with Gasteiger partial charge in [-0.15, -0.1) is 0 Å². The Morgan fingerprint density at radius 1 is 1.27 bits per heavy atom. The van der Waals surface area contributed by atoms with Crippen LogP contribution in [0.15, 0.2) is 34.9 Å². The molecule has 1 aromatic carbocycles. The average Bonchev–Trinajstić information content (AvgIpc) is 3.06. The van der Waals surface area contributed by atoms with Crippen molar-refractivity contribution in [2.24, 2.45) is 0 Å². The van der Waals surface area contributed by atoms with Gasteiger partial charge in [-0.05, 0) is 26.0 Å². The molecule has 1 aromatic heterocycles. The van der Waals surface area contributed by atoms with Crippen LogP contribution in [-0.4, -0.2) is 53.1 Å². The first-order valence-electron chi connectivity index (χ1n) is 8.41. The van der Waals surface area contributed by atoms with E-state index in [-0.39, 0.29) is 17.6 Å². The summed E-state index contributed by atoms with van der Waals surface area (Å²) in [5.41, 5.74) is 1.74. The summed E-state index contributed by atoms with van der Waals surface area (Å²) in [5, 5.41) is 17.2. The predicted octanol–water partition coefficient (Wildman–Crippen LogP) is 2.04. The van der Waals surface area contributed by atoms with E-state index < -0.39 is 4.92 Å². The van der Waals surface area contributed by atoms with Gasteiger partial charge in [0.25, 0.3) is 5.69 Å². The van der Waals surface area contributed by atoms with Gasteiger partial charge in [-0.3, -0.25) is 25.1 Å². The second-order valence-electron chi connectivity index (χ2n) is 6.29. The molecular weight excluding hydrogens is 338 g/mol. The number of aryl methyl sites for hydroxylation is 1. The van der Waals surface area contributed by atoms with Gasteiger partial charge in [-0.1, -0.05) is 5.16 Å². The van der Waals surface area contributed by atoms with Crippen LogP contribution < -0.4 is 10.2 Å². The van der Waals surface area contributed by atoms with E-state index in [0.717, 1.165) is 31.9 Å². The van der Waals surface area contributed by atoms with Crippen LogP contribution in [0.4, 0.5) is 17.3 Å². The van der Waals surface area contributed by atoms with Crippen molar-refractivity contribution in [2.75, 3.05) is 36.4 Å². The summed E-state index contributed by atoms with van der Waals surface area (Å²) in [6.07, 6.45) is 0. The lowest BCUT2D eigenvalue weighted by atomic mass is 10.2. The summed E-state index contributed by atoms with van der Waals surface area (Å²) in [6.45, 7) is 6.59. The highest BCUT2D eigenvalue weighted by Gasteiger charge is 2.26. The molecule has 0 spiro atoms. The second-order valence-corrected chi connectivity index (χ2v) is 6.29. The van der Waals surface area contributed by atoms with Crippen LogP contribution in [0.3, 0.4) is 0 Å². The minimum atomic E-state index is -0.405. The molecule has 1 aliphatic heterocycles. The lowest BCUT2D eigenvalue weighted by molar-refractivity contribution is -0.384. The molecule has 138 valence electrons. The van der Waals surface area contributed by atoms with Gasteiger partial charge in [-0.2, -0.15) is 0 Å². The highest BCUT2D eigenvalue weighted by molar-refractivity contribution is 5.93. The number of nitrogens with one attached hydrogen (secondary N) is 1. The summed E-state index contributed by atoms with van der Waals surface area (Å²) >= 11 is 0. The van der Waals surface area contributed by atoms with Crippen molar-refractivity contribution < 1.29 is 14.2 Å². The second kappa shape index (κ2) is 7.52. The fourth-order valence-electron chi connectivity index (χ4n) is 2.97. The van der Waals surface area contributed by atoms with Gasteiger partial charge in [0.05, 0.1) is 16.7 Å². The zero-order valence-electron chi connectivity index (χ0n) is 14.7. The molecule has 2 heterocycles. The summed E-state index contributed by atoms with van der Waals surface area (Å²) in [7, 11) is 0. The zero-order valence-corrected chi connectivity index (χ0v) is 14.7. The highest BCUT2D eigenvalue weighted by atomic mass is 16.6. The summed E-state index contributed by atoms with van der Waals surface area (Å²) in [6, 6.07) is 7.93. The van der Waals surface area contributed by atoms with Crippen molar-refractivity contribution in [3.05, 3.63) is 46.1 Å². The summed E-state index contributed by atoms with van der Waals surface area (Å²) < 4.78 is 5.02. The fourth-order valence-corrected chi connectivity index (χ4v) is 2.97. The van der Waals surface area contributed by atoms with E-state index in [9.17, 15) is 14.9 Å². The van der Waals surface area contributed by atoms with E-state index in [2.05, 4.69) is 20.3 Å². The molecule has 0 aliphatic carbocycles. The van der Waals surface area contributed by atoms with E-state index in [1.165, 1.54) is 12.1 Å². The number of carbonyl (C=O) groups is 1. The van der Waals surface area contributed by atoms with Gasteiger partial charge in [0, 0.05) is 50.1 Å². The molecule has 0 unspecified atom stereocenters. The molecule has 1 amide bonds. The van der Waals surface area contributed by atoms with Gasteiger partial charge >= 0.3 is 0 Å². The lowest BCUT2D eigenvalue weighted by Gasteiger charge is -2.38. The van der Waals surface area contributed by atoms with Gasteiger partial charge in [0.1, 0.15) is 0 Å². The third-order valence-electron chi connectivity index (χ3n) is 4.54. The Labute approximate surface area is 150 Å². The summed E-state index contributed by atoms with van der Waals surface area (Å²) in [5.74, 6) is 0.216. The number of carbonyl (C=O) groups excluding carboxylic acids is 1. The quantitative estimate of drug-likeness (QED) is 0.643. The van der Waals surface area contributed by atoms with E-state index in [4.69, 9.17) is 4.52 Å². The van der Waals surface area contributed by atoms with E-state index in [1.807, 2.05) is 6.92 Å². The first-order chi connectivity index (χ1) is 12.4. The van der Waals surface area contributed by atoms with E-state index in [1.54, 1.807) is 25.1 Å². The number of nitro benzene ring substituents is 1. The zero-order chi connectivity index (χ0) is 18.7. The number of hydrogen-bond acceptors (Lipinski definition) is 7. The Kier molecular flexibility index (Phi) is 5.17. The molecule has 1 atom stereocenters. The molecular formula is C17H21N5O4. The molecule has 1 aliphatic rings. The van der Waals surface area contributed by atoms with Crippen LogP contribution in [-0.2, 0) is 4.79 Å². The number of amides is 1. The Morgan fingerprint density at radius 3 is 2.46 bits per heavy atom. The molecule has 2 aromatic rings. The third-order valence-corrected chi connectivity index (χ3v) is 4.54. The normalized spacial score (nSPS) is 16.3. The minimum absolute atomic E-state index is 0.0836. The van der Waals surface area contributed by atoms with Crippen LogP contribution in [0.1, 0.15) is 12.6 Å². The van der Waals surface area contributed by atoms with E-state index >= 15 is 0 Å². The standard InChI is InChI=1S/C17H21N5O4/c1-12-11-16(26-19-12)18-17(23)13(2)20-7-9-21(10-8-20)14-3-5-15(6-4-14)22(24)25/h3-6,11,13H,7-10H2,1-2H3,(H,18,23)/t13-/m1/s1. The van der Waals surface area contributed by atoms with Crippen molar-refractivity contribution in [3.8, 4) is 0 Å². The van der Waals surface area contributed by atoms with E-state index in [0.29, 0.717) is 11.6 Å². The highest BCUT2D eigenvalue weighted by Crippen LogP contribution is 2.21. The van der Waals surface area contributed by atoms with Crippen molar-refractivity contribution in [3.63, 3.8) is 0 Å². The predicted molar refractivity (Wildman–Crippen MR) is 96.2 cm³/mol. The molecule has 26 heavy (non-hydrogen) atoms. The maximum absolute atomic E-state index is 12.4. The van der Waals surface area contributed by atoms with Gasteiger partial charge < -0.3 is 9.42 Å². The number of benzene rings is 1. The number of non-ortho nitro benzene ring substituents is 1. The van der Waals surface area contributed by atoms with Crippen LogP contribution in [0, 0.1) is 17.0 Å². The number of hydrogen-bond donors (Lipinski definition) is 1. The third kappa shape index (κ3) is 3.99. The Morgan fingerprint density at radius 2 is 1.92 bits per heavy atom. The first-order valence-corrected chi connectivity index (χ1v) is 8.41. The molecule has 1 N–H and O–H groups in total. The van der Waals surface area contributed by atoms with Gasteiger partial charge in [0.2, 0.25) is 11.8 Å². The van der Waals surface area contributed by atoms with Gasteiger partial charge in [0.15, 0.2) is 0 Å². The van der Waals surface area contributed by atoms with Crippen LogP contribution in [0.2, 0.25) is 0 Å². The molecule has 1 fully saturated rings. The largest absolute Gasteiger partial charge is 0.369 e. The van der Waals surface area contributed by atoms with Crippen LogP contribution in [0.25, 0.3) is 0 Å². The Bertz CT molecular complexity index is 781. The SMILES string of the molecule is Cc1cc(NC(=O)[C@@H](C)N2CCN(c3ccc([N+](=O)[O-])cc3)CC2)on1. The molecule has 0 saturated carbocycles. The molecule has 9 nitrogen and oxygen atoms in total. The number of anilines is 2. The molecule has 0 radical (unpaired) electrons. The maximum atomic E-state index is 12.4. The smallest absolute Gasteiger partial charge is 0.269 e. The monoisotopic (exact) mass is 359 g/mol. The van der Waals surface area contributed by atoms with Crippen molar-refractivity contribution in [1.29, 1.82) is 0 Å². The first kappa shape index (κ1) is 17.9. The van der Waals surface area contributed by atoms with Gasteiger partial charge in [-0.25, -0.2) is 0 Å². The number of rotatable bonds is 5. The number of aromatic nitrogens is 1. The molecule has 1 saturated heterocycles. The van der Waals surface area contributed by atoms with Crippen LogP contribution >= 0.6 is 0 Å². The number of piperazine rings is 1. The number of nitrogens with zero attached hydrogens (tertiary/aromatic N) is 4. The lowest BCUT2D eigenvalue weighted by Crippen LogP contribution is -2.52. The van der Waals surface area contributed by atoms with Crippen molar-refractivity contribution in [2.45, 2.75) is 19.9 Å². The number of nitro groups is 1. The molecule has 0 bridgehead atoms. The Balaban J connectivity index is 1.54. The average molecular weight is 359 g/mol. The topological polar surface area (TPSA) is 105 Å². The van der Waals surface area contributed by atoms with Crippen LogP contribution in [0.5, 0.6) is 0 Å². The molecule has 3 rings (SSSR count). The molecule has 9 heteroatoms. The summed E-state index contributed by atoms with van der Waals surface area (Å²) in [4.78, 5) is 26.9. The maximum Gasteiger partial charge on any atom is 0.269 e. The Hall–Kier alpha value is -2.94. The van der Waals surface area contributed by atoms with Crippen molar-refractivity contribution in [1.82, 2.24) is 10.1 Å². The minimum Gasteiger partial charge on any atom is -0.369 e. The fraction of sp³-hybridized carbons (Fsp3) is 0.412.